The molecule has 0 fully saturated rings. The summed E-state index contributed by atoms with van der Waals surface area (Å²) >= 11 is 0. The predicted molar refractivity (Wildman–Crippen MR) is 57.4 cm³/mol. The number of fused-ring (bicyclic) bond motifs is 1. The molecule has 0 amide bonds. The van der Waals surface area contributed by atoms with Crippen molar-refractivity contribution >= 4 is 16.9 Å². The van der Waals surface area contributed by atoms with Crippen molar-refractivity contribution in [2.75, 3.05) is 7.11 Å². The third-order valence-corrected chi connectivity index (χ3v) is 2.45. The van der Waals surface area contributed by atoms with Crippen LogP contribution in [0.2, 0.25) is 0 Å². The van der Waals surface area contributed by atoms with Crippen molar-refractivity contribution in [1.29, 1.82) is 0 Å². The molecule has 16 heavy (non-hydrogen) atoms. The van der Waals surface area contributed by atoms with Crippen LogP contribution in [0.5, 0.6) is 5.75 Å². The highest BCUT2D eigenvalue weighted by Gasteiger charge is 2.21. The van der Waals surface area contributed by atoms with Gasteiger partial charge in [-0.1, -0.05) is 0 Å². The number of H-pyrrole nitrogens is 1. The van der Waals surface area contributed by atoms with Crippen LogP contribution in [0.15, 0.2) is 24.4 Å². The molecule has 0 spiro atoms. The van der Waals surface area contributed by atoms with Crippen molar-refractivity contribution < 1.29 is 19.7 Å². The summed E-state index contributed by atoms with van der Waals surface area (Å²) in [6.07, 6.45) is 0.152. The number of nitrogens with one attached hydrogen (secondary N) is 1. The van der Waals surface area contributed by atoms with Crippen molar-refractivity contribution in [1.82, 2.24) is 4.98 Å². The largest absolute Gasteiger partial charge is 0.496 e. The van der Waals surface area contributed by atoms with E-state index in [1.807, 2.05) is 0 Å². The minimum absolute atomic E-state index is 0.252. The summed E-state index contributed by atoms with van der Waals surface area (Å²) in [5.41, 5.74) is 1.08. The Kier molecular flexibility index (Phi) is 2.54. The van der Waals surface area contributed by atoms with Gasteiger partial charge in [0.25, 0.3) is 0 Å². The first-order chi connectivity index (χ1) is 7.65. The molecule has 0 radical (unpaired) electrons. The van der Waals surface area contributed by atoms with E-state index in [4.69, 9.17) is 9.84 Å². The summed E-state index contributed by atoms with van der Waals surface area (Å²) < 4.78 is 5.14. The van der Waals surface area contributed by atoms with Crippen LogP contribution in [0, 0.1) is 0 Å². The van der Waals surface area contributed by atoms with E-state index >= 15 is 0 Å². The van der Waals surface area contributed by atoms with Crippen LogP contribution in [-0.2, 0) is 4.79 Å². The van der Waals surface area contributed by atoms with Crippen molar-refractivity contribution in [2.24, 2.45) is 0 Å². The Labute approximate surface area is 91.3 Å². The number of rotatable bonds is 3. The molecule has 2 rings (SSSR count). The van der Waals surface area contributed by atoms with E-state index in [1.54, 1.807) is 18.3 Å². The molecular formula is C11H11NO4. The first-order valence-electron chi connectivity index (χ1n) is 4.70. The number of aromatic nitrogens is 1. The monoisotopic (exact) mass is 221 g/mol. The van der Waals surface area contributed by atoms with Crippen LogP contribution in [0.4, 0.5) is 0 Å². The molecule has 0 aliphatic carbocycles. The molecule has 1 atom stereocenters. The third-order valence-electron chi connectivity index (χ3n) is 2.45. The molecule has 0 aliphatic rings. The molecule has 5 nitrogen and oxygen atoms in total. The lowest BCUT2D eigenvalue weighted by molar-refractivity contribution is -0.147. The van der Waals surface area contributed by atoms with Crippen LogP contribution in [0.3, 0.4) is 0 Å². The molecule has 2 aromatic rings. The summed E-state index contributed by atoms with van der Waals surface area (Å²) in [7, 11) is 1.44. The van der Waals surface area contributed by atoms with Gasteiger partial charge in [0.05, 0.1) is 7.11 Å². The second kappa shape index (κ2) is 3.86. The lowest BCUT2D eigenvalue weighted by Gasteiger charge is -2.12. The highest BCUT2D eigenvalue weighted by atomic mass is 16.5. The standard InChI is InChI=1S/C11H11NO4/c1-16-10-6-4-5-12-8(6)3-2-7(10)9(13)11(14)15/h2-5,9,12-13H,1H3,(H,14,15). The second-order valence-corrected chi connectivity index (χ2v) is 3.37. The highest BCUT2D eigenvalue weighted by Crippen LogP contribution is 2.33. The van der Waals surface area contributed by atoms with Crippen LogP contribution in [-0.4, -0.2) is 28.3 Å². The van der Waals surface area contributed by atoms with Crippen LogP contribution >= 0.6 is 0 Å². The van der Waals surface area contributed by atoms with E-state index in [2.05, 4.69) is 4.98 Å². The van der Waals surface area contributed by atoms with E-state index in [-0.39, 0.29) is 5.56 Å². The summed E-state index contributed by atoms with van der Waals surface area (Å²) in [6, 6.07) is 5.02. The van der Waals surface area contributed by atoms with Gasteiger partial charge in [0.15, 0.2) is 6.10 Å². The Morgan fingerprint density at radius 3 is 2.81 bits per heavy atom. The Bertz CT molecular complexity index is 532. The quantitative estimate of drug-likeness (QED) is 0.729. The van der Waals surface area contributed by atoms with E-state index in [0.29, 0.717) is 5.75 Å². The lowest BCUT2D eigenvalue weighted by Crippen LogP contribution is -2.11. The first kappa shape index (κ1) is 10.5. The molecule has 5 heteroatoms. The fraction of sp³-hybridized carbons (Fsp3) is 0.182. The fourth-order valence-corrected chi connectivity index (χ4v) is 1.70. The Morgan fingerprint density at radius 1 is 1.44 bits per heavy atom. The molecule has 0 bridgehead atoms. The third kappa shape index (κ3) is 1.51. The number of methoxy groups -OCH3 is 1. The average molecular weight is 221 g/mol. The van der Waals surface area contributed by atoms with E-state index in [1.165, 1.54) is 13.2 Å². The molecule has 1 aromatic carbocycles. The molecule has 1 aromatic heterocycles. The van der Waals surface area contributed by atoms with Gasteiger partial charge in [0, 0.05) is 22.7 Å². The minimum Gasteiger partial charge on any atom is -0.496 e. The number of carbonyl (C=O) groups is 1. The predicted octanol–water partition coefficient (Wildman–Crippen LogP) is 1.29. The number of aliphatic hydroxyl groups excluding tert-OH is 1. The SMILES string of the molecule is COc1c(C(O)C(=O)O)ccc2[nH]ccc12. The summed E-state index contributed by atoms with van der Waals surface area (Å²) in [4.78, 5) is 13.7. The number of aliphatic carboxylic acids is 1. The maximum absolute atomic E-state index is 10.7. The van der Waals surface area contributed by atoms with Gasteiger partial charge in [-0.3, -0.25) is 0 Å². The zero-order chi connectivity index (χ0) is 11.7. The van der Waals surface area contributed by atoms with Crippen LogP contribution in [0.25, 0.3) is 10.9 Å². The molecule has 0 aliphatic heterocycles. The minimum atomic E-state index is -1.57. The lowest BCUT2D eigenvalue weighted by atomic mass is 10.1. The average Bonchev–Trinajstić information content (AvgIpc) is 2.74. The number of aliphatic hydroxyl groups is 1. The number of carboxylic acids is 1. The molecule has 0 saturated carbocycles. The first-order valence-corrected chi connectivity index (χ1v) is 4.70. The molecule has 3 N–H and O–H groups in total. The van der Waals surface area contributed by atoms with Crippen molar-refractivity contribution in [3.63, 3.8) is 0 Å². The fourth-order valence-electron chi connectivity index (χ4n) is 1.70. The van der Waals surface area contributed by atoms with Crippen LogP contribution in [0.1, 0.15) is 11.7 Å². The van der Waals surface area contributed by atoms with Gasteiger partial charge in [-0.25, -0.2) is 4.79 Å². The van der Waals surface area contributed by atoms with Crippen LogP contribution < -0.4 is 4.74 Å². The van der Waals surface area contributed by atoms with Crippen molar-refractivity contribution in [2.45, 2.75) is 6.10 Å². The van der Waals surface area contributed by atoms with Crippen molar-refractivity contribution in [3.8, 4) is 5.75 Å². The Balaban J connectivity index is 2.64. The summed E-state index contributed by atoms with van der Waals surface area (Å²) in [5, 5.41) is 19.0. The van der Waals surface area contributed by atoms with Gasteiger partial charge in [-0.2, -0.15) is 0 Å². The Hall–Kier alpha value is -2.01. The number of carboxylic acid groups (broad SMARTS) is 1. The van der Waals surface area contributed by atoms with Gasteiger partial charge in [-0.05, 0) is 18.2 Å². The molecule has 0 saturated heterocycles. The molecule has 84 valence electrons. The molecule has 1 heterocycles. The van der Waals surface area contributed by atoms with Gasteiger partial charge in [0.2, 0.25) is 0 Å². The normalized spacial score (nSPS) is 12.6. The summed E-state index contributed by atoms with van der Waals surface area (Å²) in [6.45, 7) is 0. The maximum atomic E-state index is 10.7. The zero-order valence-electron chi connectivity index (χ0n) is 8.60. The number of benzene rings is 1. The van der Waals surface area contributed by atoms with Gasteiger partial charge in [-0.15, -0.1) is 0 Å². The van der Waals surface area contributed by atoms with Gasteiger partial charge >= 0.3 is 5.97 Å². The number of hydrogen-bond acceptors (Lipinski definition) is 3. The topological polar surface area (TPSA) is 82.6 Å². The second-order valence-electron chi connectivity index (χ2n) is 3.37. The Morgan fingerprint density at radius 2 is 2.19 bits per heavy atom. The maximum Gasteiger partial charge on any atom is 0.337 e. The van der Waals surface area contributed by atoms with E-state index in [0.717, 1.165) is 10.9 Å². The number of ether oxygens (including phenoxy) is 1. The number of aromatic amines is 1. The van der Waals surface area contributed by atoms with Crippen molar-refractivity contribution in [3.05, 3.63) is 30.0 Å². The van der Waals surface area contributed by atoms with E-state index < -0.39 is 12.1 Å². The smallest absolute Gasteiger partial charge is 0.337 e. The molecular weight excluding hydrogens is 210 g/mol. The summed E-state index contributed by atoms with van der Waals surface area (Å²) in [5.74, 6) is -0.915. The van der Waals surface area contributed by atoms with E-state index in [9.17, 15) is 9.90 Å². The molecule has 1 unspecified atom stereocenters. The van der Waals surface area contributed by atoms with Gasteiger partial charge in [0.1, 0.15) is 5.75 Å². The highest BCUT2D eigenvalue weighted by molar-refractivity contribution is 5.89. The number of hydrogen-bond donors (Lipinski definition) is 3. The van der Waals surface area contributed by atoms with Gasteiger partial charge < -0.3 is 19.9 Å². The zero-order valence-corrected chi connectivity index (χ0v) is 8.60.